The average molecular weight is 568 g/mol. The van der Waals surface area contributed by atoms with Crippen molar-refractivity contribution in [3.8, 4) is 10.6 Å². The molecule has 4 rings (SSSR count). The van der Waals surface area contributed by atoms with Crippen LogP contribution in [-0.4, -0.2) is 53.9 Å². The Bertz CT molecular complexity index is 1390. The highest BCUT2D eigenvalue weighted by Crippen LogP contribution is 2.36. The number of carbonyl (C=O) groups excluding carboxylic acids is 2. The van der Waals surface area contributed by atoms with Crippen molar-refractivity contribution >= 4 is 55.0 Å². The summed E-state index contributed by atoms with van der Waals surface area (Å²) in [7, 11) is -3.88. The number of imide groups is 1. The van der Waals surface area contributed by atoms with Crippen LogP contribution in [-0.2, 0) is 14.6 Å². The molecule has 0 aliphatic carbocycles. The van der Waals surface area contributed by atoms with Gasteiger partial charge in [0.15, 0.2) is 0 Å². The van der Waals surface area contributed by atoms with Gasteiger partial charge < -0.3 is 10.2 Å². The van der Waals surface area contributed by atoms with Crippen molar-refractivity contribution in [3.05, 3.63) is 52.9 Å². The lowest BCUT2D eigenvalue weighted by Gasteiger charge is -2.27. The Labute approximate surface area is 207 Å². The largest absolute Gasteiger partial charge is 0.352 e. The van der Waals surface area contributed by atoms with E-state index in [-0.39, 0.29) is 34.0 Å². The number of aromatic nitrogens is 2. The van der Waals surface area contributed by atoms with Gasteiger partial charge in [0, 0.05) is 19.3 Å². The summed E-state index contributed by atoms with van der Waals surface area (Å²) >= 11 is 4.39. The molecule has 34 heavy (non-hydrogen) atoms. The Kier molecular flexibility index (Phi) is 6.44. The number of amides is 3. The summed E-state index contributed by atoms with van der Waals surface area (Å²) in [5.74, 6) is -0.725. The quantitative estimate of drug-likeness (QED) is 0.417. The molecule has 178 valence electrons. The molecule has 0 unspecified atom stereocenters. The van der Waals surface area contributed by atoms with E-state index in [0.717, 1.165) is 17.4 Å². The molecule has 0 atom stereocenters. The first-order chi connectivity index (χ1) is 16.0. The Balaban J connectivity index is 1.52. The van der Waals surface area contributed by atoms with Gasteiger partial charge in [0.2, 0.25) is 15.8 Å². The number of nitrogens with one attached hydrogen (secondary N) is 2. The van der Waals surface area contributed by atoms with E-state index < -0.39 is 27.2 Å². The second-order valence-electron chi connectivity index (χ2n) is 7.87. The molecule has 0 bridgehead atoms. The molecule has 1 aliphatic rings. The van der Waals surface area contributed by atoms with Crippen molar-refractivity contribution in [3.63, 3.8) is 0 Å². The fourth-order valence-corrected chi connectivity index (χ4v) is 6.60. The molecule has 1 saturated heterocycles. The smallest absolute Gasteiger partial charge is 0.325 e. The van der Waals surface area contributed by atoms with Crippen molar-refractivity contribution in [2.24, 2.45) is 0 Å². The van der Waals surface area contributed by atoms with Crippen LogP contribution in [0.25, 0.3) is 10.6 Å². The summed E-state index contributed by atoms with van der Waals surface area (Å²) in [4.78, 5) is 34.4. The maximum atomic E-state index is 13.5. The molecule has 3 aromatic rings. The van der Waals surface area contributed by atoms with Crippen molar-refractivity contribution in [2.75, 3.05) is 18.4 Å². The maximum Gasteiger partial charge on any atom is 0.325 e. The second-order valence-corrected chi connectivity index (χ2v) is 12.0. The van der Waals surface area contributed by atoms with E-state index in [9.17, 15) is 22.4 Å². The van der Waals surface area contributed by atoms with Crippen molar-refractivity contribution in [1.82, 2.24) is 20.2 Å². The molecule has 0 radical (unpaired) electrons. The summed E-state index contributed by atoms with van der Waals surface area (Å²) in [6, 6.07) is 7.46. The second kappa shape index (κ2) is 9.04. The van der Waals surface area contributed by atoms with Crippen LogP contribution < -0.4 is 10.6 Å². The van der Waals surface area contributed by atoms with Crippen molar-refractivity contribution < 1.29 is 22.4 Å². The molecule has 9 nitrogen and oxygen atoms in total. The molecule has 3 amide bonds. The molecule has 1 aromatic carbocycles. The molecular formula is C21H19BrFN5O4S2. The zero-order chi connectivity index (χ0) is 24.7. The summed E-state index contributed by atoms with van der Waals surface area (Å²) < 4.78 is 39.9. The lowest BCUT2D eigenvalue weighted by Crippen LogP contribution is -2.46. The molecule has 13 heteroatoms. The van der Waals surface area contributed by atoms with E-state index in [1.54, 1.807) is 19.9 Å². The van der Waals surface area contributed by atoms with E-state index in [0.29, 0.717) is 15.0 Å². The van der Waals surface area contributed by atoms with Gasteiger partial charge in [-0.3, -0.25) is 10.1 Å². The van der Waals surface area contributed by atoms with Gasteiger partial charge in [-0.05, 0) is 60.1 Å². The minimum Gasteiger partial charge on any atom is -0.352 e. The Hall–Kier alpha value is -2.90. The van der Waals surface area contributed by atoms with Crippen LogP contribution in [0.3, 0.4) is 0 Å². The third kappa shape index (κ3) is 4.55. The Morgan fingerprint density at radius 2 is 2.00 bits per heavy atom. The number of rotatable bonds is 7. The third-order valence-corrected chi connectivity index (χ3v) is 9.16. The molecule has 2 N–H and O–H groups in total. The summed E-state index contributed by atoms with van der Waals surface area (Å²) in [6.07, 6.45) is 1.53. The number of carbonyl (C=O) groups is 2. The fourth-order valence-electron chi connectivity index (χ4n) is 3.32. The minimum absolute atomic E-state index is 0.0556. The van der Waals surface area contributed by atoms with Gasteiger partial charge in [0.1, 0.15) is 21.3 Å². The topological polar surface area (TPSA) is 121 Å². The molecule has 2 aromatic heterocycles. The number of hydrogen-bond donors (Lipinski definition) is 2. The van der Waals surface area contributed by atoms with E-state index >= 15 is 0 Å². The number of nitrogens with zero attached hydrogens (tertiary/aromatic N) is 3. The number of sulfone groups is 1. The van der Waals surface area contributed by atoms with E-state index in [1.165, 1.54) is 35.4 Å². The summed E-state index contributed by atoms with van der Waals surface area (Å²) in [6.45, 7) is 3.85. The summed E-state index contributed by atoms with van der Waals surface area (Å²) in [5.41, 5.74) is -0.483. The highest BCUT2D eigenvalue weighted by atomic mass is 79.9. The lowest BCUT2D eigenvalue weighted by molar-refractivity contribution is -0.125. The fraction of sp³-hybridized carbons (Fsp3) is 0.238. The van der Waals surface area contributed by atoms with Crippen LogP contribution >= 0.6 is 27.3 Å². The average Bonchev–Trinajstić information content (AvgIpc) is 3.34. The predicted molar refractivity (Wildman–Crippen MR) is 128 cm³/mol. The molecule has 1 fully saturated rings. The number of urea groups is 1. The monoisotopic (exact) mass is 567 g/mol. The van der Waals surface area contributed by atoms with Crippen LogP contribution in [0.15, 0.2) is 56.2 Å². The van der Waals surface area contributed by atoms with Crippen LogP contribution in [0.4, 0.5) is 15.1 Å². The normalized spacial score (nSPS) is 15.5. The molecular weight excluding hydrogens is 549 g/mol. The van der Waals surface area contributed by atoms with Gasteiger partial charge in [-0.25, -0.2) is 27.6 Å². The van der Waals surface area contributed by atoms with Crippen LogP contribution in [0.5, 0.6) is 0 Å². The number of anilines is 1. The van der Waals surface area contributed by atoms with E-state index in [2.05, 4.69) is 36.5 Å². The highest BCUT2D eigenvalue weighted by molar-refractivity contribution is 9.10. The first-order valence-corrected chi connectivity index (χ1v) is 13.1. The number of benzene rings is 1. The van der Waals surface area contributed by atoms with Crippen molar-refractivity contribution in [2.45, 2.75) is 28.5 Å². The highest BCUT2D eigenvalue weighted by Gasteiger charge is 2.45. The SMILES string of the molecule is CC1(C)C(=O)NC(=O)N1CCNc1ncc(Br)c(-c2ccc(S(=O)(=O)c3cccc(F)c3)s2)n1. The predicted octanol–water partition coefficient (Wildman–Crippen LogP) is 3.68. The number of halogens is 2. The van der Waals surface area contributed by atoms with Crippen LogP contribution in [0, 0.1) is 5.82 Å². The first-order valence-electron chi connectivity index (χ1n) is 10.0. The first kappa shape index (κ1) is 24.2. The Morgan fingerprint density at radius 1 is 1.24 bits per heavy atom. The van der Waals surface area contributed by atoms with Gasteiger partial charge in [0.05, 0.1) is 14.2 Å². The molecule has 3 heterocycles. The van der Waals surface area contributed by atoms with E-state index in [1.807, 2.05) is 0 Å². The zero-order valence-electron chi connectivity index (χ0n) is 18.0. The molecule has 1 aliphatic heterocycles. The minimum atomic E-state index is -3.88. The lowest BCUT2D eigenvalue weighted by atomic mass is 10.0. The van der Waals surface area contributed by atoms with Crippen LogP contribution in [0.1, 0.15) is 13.8 Å². The van der Waals surface area contributed by atoms with E-state index in [4.69, 9.17) is 0 Å². The molecule has 0 spiro atoms. The van der Waals surface area contributed by atoms with Gasteiger partial charge in [0.25, 0.3) is 5.91 Å². The third-order valence-electron chi connectivity index (χ3n) is 5.24. The van der Waals surface area contributed by atoms with Gasteiger partial charge in [-0.1, -0.05) is 6.07 Å². The number of thiophene rings is 1. The van der Waals surface area contributed by atoms with Gasteiger partial charge in [-0.2, -0.15) is 0 Å². The molecule has 0 saturated carbocycles. The van der Waals surface area contributed by atoms with Gasteiger partial charge in [-0.15, -0.1) is 11.3 Å². The number of hydrogen-bond acceptors (Lipinski definition) is 8. The van der Waals surface area contributed by atoms with Gasteiger partial charge >= 0.3 is 6.03 Å². The standard InChI is InChI=1S/C21H19BrFN5O4S2/c1-21(2)18(29)27-20(30)28(21)9-8-24-19-25-11-14(22)17(26-19)15-6-7-16(33-15)34(31,32)13-5-3-4-12(23)10-13/h3-7,10-11H,8-9H2,1-2H3,(H,24,25,26)(H,27,29,30). The Morgan fingerprint density at radius 3 is 2.68 bits per heavy atom. The maximum absolute atomic E-state index is 13.5. The zero-order valence-corrected chi connectivity index (χ0v) is 21.2. The summed E-state index contributed by atoms with van der Waals surface area (Å²) in [5, 5.41) is 5.31. The van der Waals surface area contributed by atoms with Crippen molar-refractivity contribution in [1.29, 1.82) is 0 Å². The van der Waals surface area contributed by atoms with Crippen LogP contribution in [0.2, 0.25) is 0 Å².